The zero-order valence-corrected chi connectivity index (χ0v) is 18.8. The Morgan fingerprint density at radius 2 is 1.69 bits per heavy atom. The summed E-state index contributed by atoms with van der Waals surface area (Å²) in [6, 6.07) is 21.0. The second-order valence-electron chi connectivity index (χ2n) is 8.35. The van der Waals surface area contributed by atoms with E-state index in [1.807, 2.05) is 55.1 Å². The Morgan fingerprint density at radius 3 is 2.47 bits per heavy atom. The Morgan fingerprint density at radius 1 is 0.875 bits per heavy atom. The van der Waals surface area contributed by atoms with Crippen molar-refractivity contribution in [3.8, 4) is 0 Å². The maximum Gasteiger partial charge on any atom is 0.282 e. The van der Waals surface area contributed by atoms with E-state index in [4.69, 9.17) is 11.6 Å². The van der Waals surface area contributed by atoms with E-state index in [-0.39, 0.29) is 11.8 Å². The zero-order valence-electron chi connectivity index (χ0n) is 18.1. The van der Waals surface area contributed by atoms with Gasteiger partial charge in [-0.15, -0.1) is 0 Å². The van der Waals surface area contributed by atoms with Crippen molar-refractivity contribution in [1.82, 2.24) is 0 Å². The molecule has 0 spiro atoms. The molecule has 160 valence electrons. The predicted molar refractivity (Wildman–Crippen MR) is 129 cm³/mol. The first-order valence-electron chi connectivity index (χ1n) is 10.8. The van der Waals surface area contributed by atoms with E-state index >= 15 is 0 Å². The van der Waals surface area contributed by atoms with Gasteiger partial charge in [0.2, 0.25) is 0 Å². The van der Waals surface area contributed by atoms with Crippen molar-refractivity contribution in [1.29, 1.82) is 0 Å². The number of para-hydroxylation sites is 1. The Hall–Kier alpha value is -3.37. The van der Waals surface area contributed by atoms with Crippen LogP contribution in [0.15, 0.2) is 72.4 Å². The molecular formula is C27H23ClN2O2. The number of carbonyl (C=O) groups excluding carboxylic acids is 2. The van der Waals surface area contributed by atoms with Crippen molar-refractivity contribution in [2.45, 2.75) is 26.7 Å². The summed E-state index contributed by atoms with van der Waals surface area (Å²) in [7, 11) is 0. The molecule has 5 rings (SSSR count). The van der Waals surface area contributed by atoms with Crippen molar-refractivity contribution < 1.29 is 9.59 Å². The number of anilines is 2. The number of nitrogens with zero attached hydrogens (tertiary/aromatic N) is 2. The van der Waals surface area contributed by atoms with Crippen molar-refractivity contribution in [2.24, 2.45) is 0 Å². The highest BCUT2D eigenvalue weighted by Gasteiger charge is 2.44. The van der Waals surface area contributed by atoms with E-state index in [0.717, 1.165) is 35.2 Å². The van der Waals surface area contributed by atoms with Crippen molar-refractivity contribution in [3.63, 3.8) is 0 Å². The van der Waals surface area contributed by atoms with Crippen LogP contribution < -0.4 is 9.80 Å². The summed E-state index contributed by atoms with van der Waals surface area (Å²) < 4.78 is 0. The summed E-state index contributed by atoms with van der Waals surface area (Å²) in [5.41, 5.74) is 6.42. The van der Waals surface area contributed by atoms with Crippen LogP contribution in [0.3, 0.4) is 0 Å². The minimum absolute atomic E-state index is 0.316. The fraction of sp³-hybridized carbons (Fsp3) is 0.185. The molecule has 32 heavy (non-hydrogen) atoms. The number of halogens is 1. The van der Waals surface area contributed by atoms with E-state index in [1.165, 1.54) is 10.5 Å². The van der Waals surface area contributed by atoms with Crippen LogP contribution >= 0.6 is 11.6 Å². The lowest BCUT2D eigenvalue weighted by molar-refractivity contribution is -0.120. The van der Waals surface area contributed by atoms with Gasteiger partial charge in [-0.3, -0.25) is 9.59 Å². The Kier molecular flexibility index (Phi) is 5.10. The monoisotopic (exact) mass is 442 g/mol. The third kappa shape index (κ3) is 3.32. The molecule has 0 saturated carbocycles. The van der Waals surface area contributed by atoms with Gasteiger partial charge in [-0.2, -0.15) is 0 Å². The maximum absolute atomic E-state index is 13.9. The molecule has 0 fully saturated rings. The molecule has 4 nitrogen and oxygen atoms in total. The first-order valence-corrected chi connectivity index (χ1v) is 11.1. The van der Waals surface area contributed by atoms with Gasteiger partial charge in [0.25, 0.3) is 11.8 Å². The highest BCUT2D eigenvalue weighted by Crippen LogP contribution is 2.40. The third-order valence-corrected chi connectivity index (χ3v) is 6.39. The lowest BCUT2D eigenvalue weighted by Crippen LogP contribution is -2.37. The minimum atomic E-state index is -0.317. The van der Waals surface area contributed by atoms with Gasteiger partial charge < -0.3 is 4.90 Å². The lowest BCUT2D eigenvalue weighted by Gasteiger charge is -2.32. The molecule has 0 atom stereocenters. The minimum Gasteiger partial charge on any atom is -0.336 e. The smallest absolute Gasteiger partial charge is 0.282 e. The molecule has 2 amide bonds. The summed E-state index contributed by atoms with van der Waals surface area (Å²) in [6.07, 6.45) is 1.87. The van der Waals surface area contributed by atoms with Crippen molar-refractivity contribution >= 4 is 40.4 Å². The SMILES string of the molecule is Cc1ccc(C2=C(N3CCCc4ccccc43)C(=O)N(c3cccc(Cl)c3)C2=O)c(C)c1. The molecule has 0 unspecified atom stereocenters. The number of hydrogen-bond donors (Lipinski definition) is 0. The van der Waals surface area contributed by atoms with Gasteiger partial charge in [0.05, 0.1) is 11.3 Å². The van der Waals surface area contributed by atoms with Crippen LogP contribution in [-0.2, 0) is 16.0 Å². The number of hydrogen-bond acceptors (Lipinski definition) is 3. The summed E-state index contributed by atoms with van der Waals surface area (Å²) >= 11 is 6.19. The van der Waals surface area contributed by atoms with Crippen molar-refractivity contribution in [3.05, 3.63) is 99.7 Å². The van der Waals surface area contributed by atoms with Crippen LogP contribution in [0.1, 0.15) is 28.7 Å². The standard InChI is InChI=1S/C27H23ClN2O2/c1-17-12-13-22(18(2)15-17)24-25(29-14-6-8-19-7-3-4-11-23(19)29)27(32)30(26(24)31)21-10-5-9-20(28)16-21/h3-5,7,9-13,15-16H,6,8,14H2,1-2H3. The number of imide groups is 1. The molecule has 0 saturated heterocycles. The molecule has 0 radical (unpaired) electrons. The molecule has 5 heteroatoms. The quantitative estimate of drug-likeness (QED) is 0.489. The molecule has 3 aromatic rings. The average Bonchev–Trinajstić information content (AvgIpc) is 3.03. The number of amides is 2. The van der Waals surface area contributed by atoms with E-state index < -0.39 is 0 Å². The molecule has 2 aliphatic heterocycles. The van der Waals surface area contributed by atoms with Crippen LogP contribution in [0.25, 0.3) is 5.57 Å². The molecule has 0 aliphatic carbocycles. The molecule has 0 aromatic heterocycles. The van der Waals surface area contributed by atoms with Gasteiger partial charge in [-0.25, -0.2) is 4.90 Å². The number of carbonyl (C=O) groups is 2. The molecule has 3 aromatic carbocycles. The number of fused-ring (bicyclic) bond motifs is 1. The van der Waals surface area contributed by atoms with Gasteiger partial charge in [0.1, 0.15) is 5.70 Å². The molecule has 0 bridgehead atoms. The van der Waals surface area contributed by atoms with Gasteiger partial charge in [-0.1, -0.05) is 59.6 Å². The van der Waals surface area contributed by atoms with Crippen LogP contribution in [-0.4, -0.2) is 18.4 Å². The normalized spacial score (nSPS) is 16.1. The molecule has 2 aliphatic rings. The fourth-order valence-corrected chi connectivity index (χ4v) is 4.91. The van der Waals surface area contributed by atoms with E-state index in [9.17, 15) is 9.59 Å². The summed E-state index contributed by atoms with van der Waals surface area (Å²) in [4.78, 5) is 31.0. The zero-order chi connectivity index (χ0) is 22.4. The van der Waals surface area contributed by atoms with E-state index in [1.54, 1.807) is 24.3 Å². The predicted octanol–water partition coefficient (Wildman–Crippen LogP) is 5.69. The third-order valence-electron chi connectivity index (χ3n) is 6.16. The van der Waals surface area contributed by atoms with Gasteiger partial charge in [0.15, 0.2) is 0 Å². The lowest BCUT2D eigenvalue weighted by atomic mass is 9.95. The topological polar surface area (TPSA) is 40.6 Å². The first-order chi connectivity index (χ1) is 15.5. The first kappa shape index (κ1) is 20.5. The van der Waals surface area contributed by atoms with Gasteiger partial charge in [0, 0.05) is 17.3 Å². The number of benzene rings is 3. The van der Waals surface area contributed by atoms with Crippen LogP contribution in [0.5, 0.6) is 0 Å². The van der Waals surface area contributed by atoms with Gasteiger partial charge in [-0.05, 0) is 67.6 Å². The van der Waals surface area contributed by atoms with Crippen molar-refractivity contribution in [2.75, 3.05) is 16.3 Å². The Labute approximate surface area is 192 Å². The van der Waals surface area contributed by atoms with Crippen LogP contribution in [0, 0.1) is 13.8 Å². The number of rotatable bonds is 3. The van der Waals surface area contributed by atoms with Crippen LogP contribution in [0.4, 0.5) is 11.4 Å². The Bertz CT molecular complexity index is 1290. The molecule has 2 heterocycles. The highest BCUT2D eigenvalue weighted by molar-refractivity contribution is 6.46. The summed E-state index contributed by atoms with van der Waals surface area (Å²) in [6.45, 7) is 4.69. The van der Waals surface area contributed by atoms with Crippen LogP contribution in [0.2, 0.25) is 5.02 Å². The summed E-state index contributed by atoms with van der Waals surface area (Å²) in [5, 5.41) is 0.480. The van der Waals surface area contributed by atoms with Gasteiger partial charge >= 0.3 is 0 Å². The van der Waals surface area contributed by atoms with E-state index in [2.05, 4.69) is 6.07 Å². The summed E-state index contributed by atoms with van der Waals surface area (Å²) in [5.74, 6) is -0.633. The largest absolute Gasteiger partial charge is 0.336 e. The average molecular weight is 443 g/mol. The maximum atomic E-state index is 13.9. The Balaban J connectivity index is 1.73. The second kappa shape index (κ2) is 7.95. The van der Waals surface area contributed by atoms with E-state index in [0.29, 0.717) is 28.5 Å². The molecule has 0 N–H and O–H groups in total. The second-order valence-corrected chi connectivity index (χ2v) is 8.79. The fourth-order valence-electron chi connectivity index (χ4n) is 4.72. The number of aryl methyl sites for hydroxylation is 3. The highest BCUT2D eigenvalue weighted by atomic mass is 35.5. The molecular weight excluding hydrogens is 420 g/mol.